The van der Waals surface area contributed by atoms with Crippen LogP contribution in [-0.2, 0) is 0 Å². The molecule has 0 unspecified atom stereocenters. The summed E-state index contributed by atoms with van der Waals surface area (Å²) in [5, 5.41) is 23.3. The number of fused-ring (bicyclic) bond motifs is 1. The van der Waals surface area contributed by atoms with Gasteiger partial charge >= 0.3 is 7.32 Å². The molecule has 1 aromatic heterocycles. The molecule has 6 nitrogen and oxygen atoms in total. The molecule has 3 rings (SSSR count). The van der Waals surface area contributed by atoms with Gasteiger partial charge in [-0.15, -0.1) is 0 Å². The largest absolute Gasteiger partial charge is 0.707 e. The van der Waals surface area contributed by atoms with Crippen LogP contribution in [0.15, 0.2) is 40.9 Å². The lowest BCUT2D eigenvalue weighted by Crippen LogP contribution is -2.20. The molecule has 7 heteroatoms. The molecule has 100 valence electrons. The molecule has 0 aliphatic rings. The number of benzene rings is 2. The molecule has 2 aromatic carbocycles. The summed E-state index contributed by atoms with van der Waals surface area (Å²) < 4.78 is 9.89. The van der Waals surface area contributed by atoms with Gasteiger partial charge in [-0.1, -0.05) is 23.4 Å². The predicted molar refractivity (Wildman–Crippen MR) is 72.8 cm³/mol. The number of rotatable bonds is 3. The molecule has 3 aromatic rings. The van der Waals surface area contributed by atoms with Crippen LogP contribution < -0.4 is 4.65 Å². The summed E-state index contributed by atoms with van der Waals surface area (Å²) in [7, 11) is -1.85. The summed E-state index contributed by atoms with van der Waals surface area (Å²) >= 11 is 0. The van der Waals surface area contributed by atoms with Gasteiger partial charge < -0.3 is 19.2 Å². The molecule has 0 spiro atoms. The molecule has 0 bridgehead atoms. The average molecular weight is 270 g/mol. The van der Waals surface area contributed by atoms with E-state index in [0.29, 0.717) is 17.5 Å². The summed E-state index contributed by atoms with van der Waals surface area (Å²) in [5.74, 6) is 1.41. The van der Waals surface area contributed by atoms with Crippen LogP contribution in [0.3, 0.4) is 0 Å². The molecule has 0 saturated carbocycles. The molecule has 0 radical (unpaired) electrons. The first-order chi connectivity index (χ1) is 9.63. The van der Waals surface area contributed by atoms with Crippen molar-refractivity contribution >= 4 is 18.1 Å². The van der Waals surface area contributed by atoms with E-state index < -0.39 is 7.32 Å². The standard InChI is InChI=1S/C13H11BN2O4/c1-8-15-13(16-20-8)10-5-6-11-9(7-10)3-2-4-12(11)19-14(17)18/h2-7,17-18H,1H3. The normalized spacial score (nSPS) is 10.8. The highest BCUT2D eigenvalue weighted by atomic mass is 16.6. The summed E-state index contributed by atoms with van der Waals surface area (Å²) in [5.41, 5.74) is 0.816. The smallest absolute Gasteiger partial charge is 0.512 e. The fourth-order valence-electron chi connectivity index (χ4n) is 2.03. The number of hydrogen-bond acceptors (Lipinski definition) is 6. The molecule has 0 aliphatic heterocycles. The van der Waals surface area contributed by atoms with Crippen molar-refractivity contribution in [3.05, 3.63) is 42.3 Å². The average Bonchev–Trinajstić information content (AvgIpc) is 2.84. The Morgan fingerprint density at radius 1 is 1.20 bits per heavy atom. The minimum absolute atomic E-state index is 0.397. The SMILES string of the molecule is Cc1nc(-c2ccc3c(OB(O)O)cccc3c2)no1. The number of hydrogen-bond donors (Lipinski definition) is 2. The fraction of sp³-hybridized carbons (Fsp3) is 0.0769. The van der Waals surface area contributed by atoms with E-state index in [0.717, 1.165) is 16.3 Å². The van der Waals surface area contributed by atoms with Gasteiger partial charge in [-0.2, -0.15) is 4.98 Å². The van der Waals surface area contributed by atoms with Crippen molar-refractivity contribution in [1.82, 2.24) is 10.1 Å². The third-order valence-electron chi connectivity index (χ3n) is 2.86. The van der Waals surface area contributed by atoms with E-state index in [-0.39, 0.29) is 0 Å². The summed E-state index contributed by atoms with van der Waals surface area (Å²) in [4.78, 5) is 4.17. The van der Waals surface area contributed by atoms with Gasteiger partial charge in [0, 0.05) is 17.9 Å². The van der Waals surface area contributed by atoms with Crippen LogP contribution in [0.2, 0.25) is 0 Å². The number of nitrogens with zero attached hydrogens (tertiary/aromatic N) is 2. The van der Waals surface area contributed by atoms with Crippen LogP contribution in [0.4, 0.5) is 0 Å². The van der Waals surface area contributed by atoms with Crippen LogP contribution in [-0.4, -0.2) is 27.5 Å². The van der Waals surface area contributed by atoms with Crippen LogP contribution >= 0.6 is 0 Å². The van der Waals surface area contributed by atoms with Gasteiger partial charge in [-0.05, 0) is 23.6 Å². The zero-order valence-electron chi connectivity index (χ0n) is 10.6. The lowest BCUT2D eigenvalue weighted by Gasteiger charge is -2.08. The zero-order valence-corrected chi connectivity index (χ0v) is 10.6. The maximum Gasteiger partial charge on any atom is 0.707 e. The number of aryl methyl sites for hydroxylation is 1. The van der Waals surface area contributed by atoms with Crippen LogP contribution in [0.1, 0.15) is 5.89 Å². The Kier molecular flexibility index (Phi) is 3.13. The van der Waals surface area contributed by atoms with Crippen molar-refractivity contribution in [2.75, 3.05) is 0 Å². The Labute approximate surface area is 114 Å². The summed E-state index contributed by atoms with van der Waals surface area (Å²) in [6, 6.07) is 10.8. The zero-order chi connectivity index (χ0) is 14.1. The molecule has 0 amide bonds. The van der Waals surface area contributed by atoms with Crippen molar-refractivity contribution in [3.8, 4) is 17.1 Å². The van der Waals surface area contributed by atoms with E-state index >= 15 is 0 Å². The minimum Gasteiger partial charge on any atom is -0.512 e. The fourth-order valence-corrected chi connectivity index (χ4v) is 2.03. The topological polar surface area (TPSA) is 88.6 Å². The molecule has 2 N–H and O–H groups in total. The lowest BCUT2D eigenvalue weighted by atomic mass is 10.1. The van der Waals surface area contributed by atoms with Crippen molar-refractivity contribution in [2.45, 2.75) is 6.92 Å². The summed E-state index contributed by atoms with van der Waals surface area (Å²) in [6.07, 6.45) is 0. The van der Waals surface area contributed by atoms with E-state index in [9.17, 15) is 0 Å². The van der Waals surface area contributed by atoms with E-state index in [1.807, 2.05) is 24.3 Å². The molecule has 0 fully saturated rings. The van der Waals surface area contributed by atoms with Gasteiger partial charge in [0.25, 0.3) is 0 Å². The van der Waals surface area contributed by atoms with E-state index in [2.05, 4.69) is 10.1 Å². The Morgan fingerprint density at radius 2 is 2.05 bits per heavy atom. The second-order valence-electron chi connectivity index (χ2n) is 4.27. The first kappa shape index (κ1) is 12.6. The summed E-state index contributed by atoms with van der Waals surface area (Å²) in [6.45, 7) is 1.73. The Hall–Kier alpha value is -2.38. The maximum atomic E-state index is 8.90. The maximum absolute atomic E-state index is 8.90. The van der Waals surface area contributed by atoms with Crippen molar-refractivity contribution in [1.29, 1.82) is 0 Å². The second kappa shape index (κ2) is 4.95. The third-order valence-corrected chi connectivity index (χ3v) is 2.86. The molecule has 0 aliphatic carbocycles. The first-order valence-corrected chi connectivity index (χ1v) is 6.00. The minimum atomic E-state index is -1.85. The molecule has 0 atom stereocenters. The lowest BCUT2D eigenvalue weighted by molar-refractivity contribution is 0.289. The first-order valence-electron chi connectivity index (χ1n) is 6.00. The molecular formula is C13H11BN2O4. The van der Waals surface area contributed by atoms with Crippen LogP contribution in [0.25, 0.3) is 22.2 Å². The Morgan fingerprint density at radius 3 is 2.75 bits per heavy atom. The highest BCUT2D eigenvalue weighted by Gasteiger charge is 2.14. The van der Waals surface area contributed by atoms with Crippen LogP contribution in [0, 0.1) is 6.92 Å². The van der Waals surface area contributed by atoms with Gasteiger partial charge in [0.05, 0.1) is 0 Å². The Balaban J connectivity index is 2.08. The molecule has 1 heterocycles. The molecular weight excluding hydrogens is 259 g/mol. The van der Waals surface area contributed by atoms with E-state index in [1.165, 1.54) is 0 Å². The van der Waals surface area contributed by atoms with Crippen LogP contribution in [0.5, 0.6) is 5.75 Å². The second-order valence-corrected chi connectivity index (χ2v) is 4.27. The predicted octanol–water partition coefficient (Wildman–Crippen LogP) is 1.55. The third kappa shape index (κ3) is 2.36. The van der Waals surface area contributed by atoms with Gasteiger partial charge in [-0.3, -0.25) is 0 Å². The van der Waals surface area contributed by atoms with Crippen molar-refractivity contribution in [2.24, 2.45) is 0 Å². The van der Waals surface area contributed by atoms with Crippen molar-refractivity contribution < 1.29 is 19.2 Å². The number of aromatic nitrogens is 2. The Bertz CT molecular complexity index is 757. The van der Waals surface area contributed by atoms with Crippen molar-refractivity contribution in [3.63, 3.8) is 0 Å². The highest BCUT2D eigenvalue weighted by molar-refractivity contribution is 6.34. The molecule has 20 heavy (non-hydrogen) atoms. The quantitative estimate of drug-likeness (QED) is 0.702. The van der Waals surface area contributed by atoms with Gasteiger partial charge in [-0.25, -0.2) is 0 Å². The molecule has 0 saturated heterocycles. The van der Waals surface area contributed by atoms with E-state index in [4.69, 9.17) is 19.2 Å². The van der Waals surface area contributed by atoms with Gasteiger partial charge in [0.15, 0.2) is 0 Å². The highest BCUT2D eigenvalue weighted by Crippen LogP contribution is 2.29. The van der Waals surface area contributed by atoms with Gasteiger partial charge in [0.1, 0.15) is 5.75 Å². The monoisotopic (exact) mass is 270 g/mol. The van der Waals surface area contributed by atoms with Gasteiger partial charge in [0.2, 0.25) is 11.7 Å². The van der Waals surface area contributed by atoms with E-state index in [1.54, 1.807) is 19.1 Å².